The number of methoxy groups -OCH3 is 1. The van der Waals surface area contributed by atoms with Gasteiger partial charge in [-0.05, 0) is 65.4 Å². The van der Waals surface area contributed by atoms with E-state index in [1.807, 2.05) is 48.5 Å². The van der Waals surface area contributed by atoms with Gasteiger partial charge in [0.25, 0.3) is 5.91 Å². The van der Waals surface area contributed by atoms with Crippen molar-refractivity contribution in [2.45, 2.75) is 6.61 Å². The standard InChI is InChI=1S/C26H22N2O5S/c1-28-24(29)23(34-26(28)27-20-11-9-19(10-12-20)25(30)31)15-18-8-13-21(22(14-18)32-2)33-16-17-6-4-3-5-7-17/h3-15H,16H2,1-2H3,(H,30,31)/b23-15-,27-26?. The van der Waals surface area contributed by atoms with E-state index in [-0.39, 0.29) is 11.5 Å². The van der Waals surface area contributed by atoms with E-state index in [2.05, 4.69) is 4.99 Å². The molecule has 0 bridgehead atoms. The van der Waals surface area contributed by atoms with Crippen LogP contribution in [0.5, 0.6) is 11.5 Å². The summed E-state index contributed by atoms with van der Waals surface area (Å²) in [4.78, 5) is 30.3. The van der Waals surface area contributed by atoms with E-state index in [1.54, 1.807) is 32.4 Å². The lowest BCUT2D eigenvalue weighted by Gasteiger charge is -2.11. The Morgan fingerprint density at radius 1 is 1.06 bits per heavy atom. The normalized spacial score (nSPS) is 15.7. The second-order valence-electron chi connectivity index (χ2n) is 7.41. The van der Waals surface area contributed by atoms with E-state index in [4.69, 9.17) is 14.6 Å². The van der Waals surface area contributed by atoms with E-state index in [0.717, 1.165) is 11.1 Å². The lowest BCUT2D eigenvalue weighted by molar-refractivity contribution is -0.121. The number of thioether (sulfide) groups is 1. The largest absolute Gasteiger partial charge is 0.493 e. The average Bonchev–Trinajstić information content (AvgIpc) is 3.11. The van der Waals surface area contributed by atoms with Crippen LogP contribution >= 0.6 is 11.8 Å². The Labute approximate surface area is 201 Å². The predicted molar refractivity (Wildman–Crippen MR) is 133 cm³/mol. The Morgan fingerprint density at radius 2 is 1.79 bits per heavy atom. The number of ether oxygens (including phenoxy) is 2. The SMILES string of the molecule is COc1cc(/C=C2\SC(=Nc3ccc(C(=O)O)cc3)N(C)C2=O)ccc1OCc1ccccc1. The number of carboxylic acid groups (broad SMARTS) is 1. The third kappa shape index (κ3) is 5.29. The molecule has 1 aliphatic rings. The van der Waals surface area contributed by atoms with Crippen LogP contribution in [0, 0.1) is 0 Å². The van der Waals surface area contributed by atoms with Crippen molar-refractivity contribution in [3.05, 3.63) is 94.4 Å². The molecule has 0 spiro atoms. The molecule has 3 aromatic rings. The summed E-state index contributed by atoms with van der Waals surface area (Å²) in [6.45, 7) is 0.421. The number of benzene rings is 3. The molecule has 1 N–H and O–H groups in total. The summed E-state index contributed by atoms with van der Waals surface area (Å²) in [6, 6.07) is 21.5. The van der Waals surface area contributed by atoms with E-state index in [1.165, 1.54) is 28.8 Å². The van der Waals surface area contributed by atoms with Gasteiger partial charge in [-0.25, -0.2) is 9.79 Å². The van der Waals surface area contributed by atoms with Crippen LogP contribution in [0.1, 0.15) is 21.5 Å². The van der Waals surface area contributed by atoms with Crippen LogP contribution in [0.25, 0.3) is 6.08 Å². The van der Waals surface area contributed by atoms with Crippen LogP contribution in [-0.2, 0) is 11.4 Å². The lowest BCUT2D eigenvalue weighted by atomic mass is 10.2. The fraction of sp³-hybridized carbons (Fsp3) is 0.115. The number of aliphatic imine (C=N–C) groups is 1. The van der Waals surface area contributed by atoms with Gasteiger partial charge in [0.15, 0.2) is 16.7 Å². The van der Waals surface area contributed by atoms with Crippen LogP contribution in [0.4, 0.5) is 5.69 Å². The lowest BCUT2D eigenvalue weighted by Crippen LogP contribution is -2.23. The molecule has 1 saturated heterocycles. The zero-order valence-corrected chi connectivity index (χ0v) is 19.4. The minimum absolute atomic E-state index is 0.172. The monoisotopic (exact) mass is 474 g/mol. The van der Waals surface area contributed by atoms with Crippen LogP contribution in [0.2, 0.25) is 0 Å². The highest BCUT2D eigenvalue weighted by Gasteiger charge is 2.30. The molecule has 0 radical (unpaired) electrons. The second-order valence-corrected chi connectivity index (χ2v) is 8.41. The van der Waals surface area contributed by atoms with Crippen molar-refractivity contribution in [2.24, 2.45) is 4.99 Å². The summed E-state index contributed by atoms with van der Waals surface area (Å²) in [5.74, 6) is 0.0118. The molecule has 1 heterocycles. The molecule has 4 rings (SSSR count). The molecule has 1 fully saturated rings. The molecule has 0 saturated carbocycles. The first-order valence-corrected chi connectivity index (χ1v) is 11.2. The number of amidine groups is 1. The summed E-state index contributed by atoms with van der Waals surface area (Å²) >= 11 is 1.25. The fourth-order valence-corrected chi connectivity index (χ4v) is 4.21. The minimum atomic E-state index is -1.00. The van der Waals surface area contributed by atoms with Gasteiger partial charge in [0.05, 0.1) is 23.3 Å². The summed E-state index contributed by atoms with van der Waals surface area (Å²) in [5.41, 5.74) is 2.59. The first-order valence-electron chi connectivity index (χ1n) is 10.4. The Balaban J connectivity index is 1.51. The number of hydrogen-bond donors (Lipinski definition) is 1. The van der Waals surface area contributed by atoms with Crippen molar-refractivity contribution in [1.82, 2.24) is 4.90 Å². The van der Waals surface area contributed by atoms with E-state index < -0.39 is 5.97 Å². The third-order valence-corrected chi connectivity index (χ3v) is 6.13. The van der Waals surface area contributed by atoms with Gasteiger partial charge in [0.1, 0.15) is 6.61 Å². The molecular weight excluding hydrogens is 452 g/mol. The number of rotatable bonds is 7. The van der Waals surface area contributed by atoms with E-state index in [0.29, 0.717) is 33.9 Å². The van der Waals surface area contributed by atoms with Gasteiger partial charge in [0, 0.05) is 7.05 Å². The number of nitrogens with zero attached hydrogens (tertiary/aromatic N) is 2. The molecule has 1 amide bonds. The van der Waals surface area contributed by atoms with Gasteiger partial charge < -0.3 is 14.6 Å². The Morgan fingerprint density at radius 3 is 2.47 bits per heavy atom. The van der Waals surface area contributed by atoms with Gasteiger partial charge in [-0.3, -0.25) is 9.69 Å². The molecule has 0 aromatic heterocycles. The minimum Gasteiger partial charge on any atom is -0.493 e. The number of carboxylic acids is 1. The van der Waals surface area contributed by atoms with Crippen molar-refractivity contribution >= 4 is 40.6 Å². The van der Waals surface area contributed by atoms with Crippen molar-refractivity contribution in [3.8, 4) is 11.5 Å². The molecule has 8 heteroatoms. The second kappa shape index (κ2) is 10.3. The molecule has 3 aromatic carbocycles. The smallest absolute Gasteiger partial charge is 0.335 e. The molecule has 0 atom stereocenters. The number of likely N-dealkylation sites (N-methyl/N-ethyl adjacent to an activating group) is 1. The van der Waals surface area contributed by atoms with Crippen LogP contribution in [-0.4, -0.2) is 41.2 Å². The van der Waals surface area contributed by atoms with Crippen LogP contribution in [0.3, 0.4) is 0 Å². The maximum absolute atomic E-state index is 12.8. The predicted octanol–water partition coefficient (Wildman–Crippen LogP) is 5.21. The average molecular weight is 475 g/mol. The summed E-state index contributed by atoms with van der Waals surface area (Å²) in [6.07, 6.45) is 1.78. The summed E-state index contributed by atoms with van der Waals surface area (Å²) < 4.78 is 11.4. The number of amides is 1. The van der Waals surface area contributed by atoms with Crippen LogP contribution < -0.4 is 9.47 Å². The molecule has 7 nitrogen and oxygen atoms in total. The number of hydrogen-bond acceptors (Lipinski definition) is 6. The van der Waals surface area contributed by atoms with Gasteiger partial charge >= 0.3 is 5.97 Å². The van der Waals surface area contributed by atoms with Gasteiger partial charge in [-0.2, -0.15) is 0 Å². The first-order chi connectivity index (χ1) is 16.4. The fourth-order valence-electron chi connectivity index (χ4n) is 3.22. The first kappa shape index (κ1) is 23.1. The molecule has 0 aliphatic carbocycles. The Kier molecular flexibility index (Phi) is 6.98. The van der Waals surface area contributed by atoms with Crippen molar-refractivity contribution < 1.29 is 24.2 Å². The number of carbonyl (C=O) groups excluding carboxylic acids is 1. The van der Waals surface area contributed by atoms with E-state index in [9.17, 15) is 9.59 Å². The van der Waals surface area contributed by atoms with Gasteiger partial charge in [-0.15, -0.1) is 0 Å². The molecule has 34 heavy (non-hydrogen) atoms. The number of aromatic carboxylic acids is 1. The zero-order valence-electron chi connectivity index (χ0n) is 18.6. The molecule has 1 aliphatic heterocycles. The molecule has 172 valence electrons. The molecule has 0 unspecified atom stereocenters. The topological polar surface area (TPSA) is 88.4 Å². The van der Waals surface area contributed by atoms with Crippen LogP contribution in [0.15, 0.2) is 82.7 Å². The maximum atomic E-state index is 12.8. The third-order valence-electron chi connectivity index (χ3n) is 5.07. The van der Waals surface area contributed by atoms with E-state index >= 15 is 0 Å². The maximum Gasteiger partial charge on any atom is 0.335 e. The Bertz CT molecular complexity index is 1270. The summed E-state index contributed by atoms with van der Waals surface area (Å²) in [5, 5.41) is 9.54. The quantitative estimate of drug-likeness (QED) is 0.473. The highest BCUT2D eigenvalue weighted by atomic mass is 32.2. The van der Waals surface area contributed by atoms with Crippen molar-refractivity contribution in [3.63, 3.8) is 0 Å². The van der Waals surface area contributed by atoms with Crippen molar-refractivity contribution in [1.29, 1.82) is 0 Å². The number of carbonyl (C=O) groups is 2. The highest BCUT2D eigenvalue weighted by Crippen LogP contribution is 2.35. The molecular formula is C26H22N2O5S. The summed E-state index contributed by atoms with van der Waals surface area (Å²) in [7, 11) is 3.23. The zero-order chi connectivity index (χ0) is 24.1. The van der Waals surface area contributed by atoms with Gasteiger partial charge in [-0.1, -0.05) is 36.4 Å². The highest BCUT2D eigenvalue weighted by molar-refractivity contribution is 8.18. The van der Waals surface area contributed by atoms with Crippen molar-refractivity contribution in [2.75, 3.05) is 14.2 Å². The van der Waals surface area contributed by atoms with Gasteiger partial charge in [0.2, 0.25) is 0 Å². The Hall–Kier alpha value is -4.04.